The van der Waals surface area contributed by atoms with Crippen LogP contribution in [0, 0.1) is 0 Å². The highest BCUT2D eigenvalue weighted by Crippen LogP contribution is 2.14. The Bertz CT molecular complexity index is 528. The summed E-state index contributed by atoms with van der Waals surface area (Å²) in [6, 6.07) is 7.93. The van der Waals surface area contributed by atoms with Crippen LogP contribution in [0.5, 0.6) is 0 Å². The van der Waals surface area contributed by atoms with Gasteiger partial charge >= 0.3 is 0 Å². The molecule has 0 heterocycles. The molecule has 0 bridgehead atoms. The summed E-state index contributed by atoms with van der Waals surface area (Å²) in [5.74, 6) is -0.254. The molecule has 0 saturated heterocycles. The first-order valence-electron chi connectivity index (χ1n) is 10.2. The third kappa shape index (κ3) is 11.7. The molecule has 1 aromatic carbocycles. The van der Waals surface area contributed by atoms with Gasteiger partial charge in [0.05, 0.1) is 0 Å². The Hall–Kier alpha value is -1.89. The summed E-state index contributed by atoms with van der Waals surface area (Å²) in [4.78, 5) is 12.0. The van der Waals surface area contributed by atoms with Gasteiger partial charge in [0, 0.05) is 37.6 Å². The molecule has 0 aliphatic rings. The second kappa shape index (κ2) is 17.2. The van der Waals surface area contributed by atoms with Crippen LogP contribution >= 0.6 is 0 Å². The van der Waals surface area contributed by atoms with Crippen LogP contribution < -0.4 is 16.2 Å². The largest absolute Gasteiger partial charge is 0.396 e. The standard InChI is InChI=1S/C18H31N3O3.C4H8/c1-4-6-7-14(5-2)20-21-16-10-8-15(9-11-16)19-18(23)17(24-3)12-13-22;1-3-4-2/h8-11,14,17,20-22H,4-7,12-13H2,1-3H3,(H,19,23);3-4H,1-2H3/b;4-3-. The third-order valence-electron chi connectivity index (χ3n) is 4.27. The van der Waals surface area contributed by atoms with Crippen LogP contribution in [0.1, 0.15) is 59.8 Å². The number of methoxy groups -OCH3 is 1. The van der Waals surface area contributed by atoms with Crippen LogP contribution in [0.2, 0.25) is 0 Å². The molecule has 0 radical (unpaired) electrons. The number of carbonyl (C=O) groups is 1. The maximum atomic E-state index is 12.0. The zero-order chi connectivity index (χ0) is 21.2. The molecule has 28 heavy (non-hydrogen) atoms. The number of unbranched alkanes of at least 4 members (excludes halogenated alkanes) is 1. The van der Waals surface area contributed by atoms with Gasteiger partial charge in [-0.15, -0.1) is 0 Å². The van der Waals surface area contributed by atoms with E-state index in [0.29, 0.717) is 11.7 Å². The summed E-state index contributed by atoms with van der Waals surface area (Å²) >= 11 is 0. The number of aliphatic hydroxyl groups excluding tert-OH is 1. The topological polar surface area (TPSA) is 82.6 Å². The lowest BCUT2D eigenvalue weighted by atomic mass is 10.1. The molecule has 6 nitrogen and oxygen atoms in total. The predicted molar refractivity (Wildman–Crippen MR) is 118 cm³/mol. The fourth-order valence-electron chi connectivity index (χ4n) is 2.35. The average molecular weight is 394 g/mol. The number of aliphatic hydroxyl groups is 1. The van der Waals surface area contributed by atoms with Crippen molar-refractivity contribution in [1.29, 1.82) is 0 Å². The Labute approximate surface area is 170 Å². The second-order valence-corrected chi connectivity index (χ2v) is 6.49. The van der Waals surface area contributed by atoms with Crippen molar-refractivity contribution in [1.82, 2.24) is 5.43 Å². The van der Waals surface area contributed by atoms with Gasteiger partial charge in [-0.25, -0.2) is 5.43 Å². The first kappa shape index (κ1) is 26.1. The SMILES string of the molecule is C/C=C\C.CCCCC(CC)NNc1ccc(NC(=O)C(CCO)OC)cc1. The van der Waals surface area contributed by atoms with Crippen molar-refractivity contribution < 1.29 is 14.6 Å². The molecule has 0 aromatic heterocycles. The van der Waals surface area contributed by atoms with E-state index in [1.807, 2.05) is 50.3 Å². The van der Waals surface area contributed by atoms with E-state index in [9.17, 15) is 4.79 Å². The normalized spacial score (nSPS) is 12.8. The monoisotopic (exact) mass is 393 g/mol. The first-order valence-corrected chi connectivity index (χ1v) is 10.2. The number of allylic oxidation sites excluding steroid dienone is 2. The van der Waals surface area contributed by atoms with E-state index in [4.69, 9.17) is 9.84 Å². The molecule has 1 rings (SSSR count). The molecule has 0 saturated carbocycles. The number of rotatable bonds is 12. The minimum Gasteiger partial charge on any atom is -0.396 e. The first-order chi connectivity index (χ1) is 13.6. The molecule has 2 atom stereocenters. The zero-order valence-electron chi connectivity index (χ0n) is 18.1. The lowest BCUT2D eigenvalue weighted by Gasteiger charge is -2.18. The van der Waals surface area contributed by atoms with Crippen LogP contribution in [0.4, 0.5) is 11.4 Å². The van der Waals surface area contributed by atoms with Gasteiger partial charge in [0.2, 0.25) is 0 Å². The van der Waals surface area contributed by atoms with Crippen molar-refractivity contribution in [2.45, 2.75) is 71.9 Å². The molecule has 160 valence electrons. The average Bonchev–Trinajstić information content (AvgIpc) is 2.73. The molecular formula is C22H39N3O3. The van der Waals surface area contributed by atoms with E-state index >= 15 is 0 Å². The van der Waals surface area contributed by atoms with Crippen molar-refractivity contribution in [3.63, 3.8) is 0 Å². The van der Waals surface area contributed by atoms with E-state index in [-0.39, 0.29) is 18.9 Å². The Kier molecular flexibility index (Phi) is 16.1. The zero-order valence-corrected chi connectivity index (χ0v) is 18.1. The highest BCUT2D eigenvalue weighted by atomic mass is 16.5. The van der Waals surface area contributed by atoms with Gasteiger partial charge in [-0.3, -0.25) is 4.79 Å². The maximum absolute atomic E-state index is 12.0. The van der Waals surface area contributed by atoms with Gasteiger partial charge in [-0.2, -0.15) is 0 Å². The lowest BCUT2D eigenvalue weighted by Crippen LogP contribution is -2.33. The van der Waals surface area contributed by atoms with E-state index in [0.717, 1.165) is 18.5 Å². The Balaban J connectivity index is 0.00000165. The van der Waals surface area contributed by atoms with Crippen molar-refractivity contribution in [2.75, 3.05) is 24.5 Å². The summed E-state index contributed by atoms with van der Waals surface area (Å²) in [5, 5.41) is 11.7. The quantitative estimate of drug-likeness (QED) is 0.311. The second-order valence-electron chi connectivity index (χ2n) is 6.49. The highest BCUT2D eigenvalue weighted by Gasteiger charge is 2.16. The Morgan fingerprint density at radius 1 is 1.11 bits per heavy atom. The van der Waals surface area contributed by atoms with Gasteiger partial charge in [-0.1, -0.05) is 38.8 Å². The van der Waals surface area contributed by atoms with E-state index < -0.39 is 6.10 Å². The van der Waals surface area contributed by atoms with Crippen molar-refractivity contribution in [2.24, 2.45) is 0 Å². The fraction of sp³-hybridized carbons (Fsp3) is 0.591. The van der Waals surface area contributed by atoms with Crippen LogP contribution in [0.15, 0.2) is 36.4 Å². The van der Waals surface area contributed by atoms with Crippen molar-refractivity contribution in [3.05, 3.63) is 36.4 Å². The number of nitrogens with one attached hydrogen (secondary N) is 3. The number of hydrogen-bond acceptors (Lipinski definition) is 5. The molecule has 0 aliphatic carbocycles. The third-order valence-corrected chi connectivity index (χ3v) is 4.27. The molecular weight excluding hydrogens is 354 g/mol. The number of hydrazine groups is 1. The summed E-state index contributed by atoms with van der Waals surface area (Å²) in [6.07, 6.45) is 8.28. The predicted octanol–water partition coefficient (Wildman–Crippen LogP) is 4.49. The molecule has 1 aromatic rings. The van der Waals surface area contributed by atoms with Crippen LogP contribution in [0.3, 0.4) is 0 Å². The molecule has 1 amide bonds. The van der Waals surface area contributed by atoms with Gasteiger partial charge in [0.15, 0.2) is 0 Å². The molecule has 0 fully saturated rings. The summed E-state index contributed by atoms with van der Waals surface area (Å²) in [6.45, 7) is 8.28. The van der Waals surface area contributed by atoms with Crippen LogP contribution in [0.25, 0.3) is 0 Å². The molecule has 2 unspecified atom stereocenters. The van der Waals surface area contributed by atoms with Gasteiger partial charge < -0.3 is 20.6 Å². The summed E-state index contributed by atoms with van der Waals surface area (Å²) in [5.41, 5.74) is 8.20. The minimum absolute atomic E-state index is 0.0862. The van der Waals surface area contributed by atoms with E-state index in [1.54, 1.807) is 0 Å². The molecule has 6 heteroatoms. The van der Waals surface area contributed by atoms with Crippen LogP contribution in [-0.4, -0.2) is 36.9 Å². The summed E-state index contributed by atoms with van der Waals surface area (Å²) in [7, 11) is 1.46. The lowest BCUT2D eigenvalue weighted by molar-refractivity contribution is -0.126. The fourth-order valence-corrected chi connectivity index (χ4v) is 2.35. The number of ether oxygens (including phenoxy) is 1. The van der Waals surface area contributed by atoms with Crippen molar-refractivity contribution in [3.8, 4) is 0 Å². The number of hydrogen-bond donors (Lipinski definition) is 4. The van der Waals surface area contributed by atoms with Crippen molar-refractivity contribution >= 4 is 17.3 Å². The van der Waals surface area contributed by atoms with Gasteiger partial charge in [0.25, 0.3) is 5.91 Å². The minimum atomic E-state index is -0.640. The number of benzene rings is 1. The van der Waals surface area contributed by atoms with E-state index in [2.05, 4.69) is 30.0 Å². The molecule has 0 spiro atoms. The molecule has 0 aliphatic heterocycles. The van der Waals surface area contributed by atoms with E-state index in [1.165, 1.54) is 20.0 Å². The molecule has 4 N–H and O–H groups in total. The maximum Gasteiger partial charge on any atom is 0.253 e. The number of anilines is 2. The van der Waals surface area contributed by atoms with Gasteiger partial charge in [0.1, 0.15) is 6.10 Å². The Morgan fingerprint density at radius 2 is 1.71 bits per heavy atom. The van der Waals surface area contributed by atoms with Gasteiger partial charge in [-0.05, 0) is 51.0 Å². The Morgan fingerprint density at radius 3 is 2.18 bits per heavy atom. The number of carbonyl (C=O) groups excluding carboxylic acids is 1. The highest BCUT2D eigenvalue weighted by molar-refractivity contribution is 5.94. The number of amides is 1. The van der Waals surface area contributed by atoms with Crippen LogP contribution in [-0.2, 0) is 9.53 Å². The summed E-state index contributed by atoms with van der Waals surface area (Å²) < 4.78 is 5.06. The smallest absolute Gasteiger partial charge is 0.253 e.